The van der Waals surface area contributed by atoms with Crippen LogP contribution < -0.4 is 5.32 Å². The van der Waals surface area contributed by atoms with E-state index in [-0.39, 0.29) is 36.6 Å². The van der Waals surface area contributed by atoms with E-state index in [9.17, 15) is 18.0 Å². The highest BCUT2D eigenvalue weighted by Gasteiger charge is 2.26. The first-order valence-corrected chi connectivity index (χ1v) is 9.51. The maximum Gasteiger partial charge on any atom is 0.326 e. The smallest absolute Gasteiger partial charge is 0.326 e. The number of benzene rings is 1. The van der Waals surface area contributed by atoms with Gasteiger partial charge in [-0.25, -0.2) is 13.2 Å². The van der Waals surface area contributed by atoms with Crippen molar-refractivity contribution < 1.29 is 32.6 Å². The highest BCUT2D eigenvalue weighted by Crippen LogP contribution is 2.17. The van der Waals surface area contributed by atoms with Gasteiger partial charge < -0.3 is 19.9 Å². The number of aliphatic carboxylic acids is 1. The first kappa shape index (κ1) is 20.3. The number of ether oxygens (including phenoxy) is 2. The minimum atomic E-state index is -3.64. The Morgan fingerprint density at radius 1 is 1.27 bits per heavy atom. The molecular weight excluding hydrogens is 364 g/mol. The van der Waals surface area contributed by atoms with Crippen molar-refractivity contribution in [3.8, 4) is 0 Å². The van der Waals surface area contributed by atoms with Crippen molar-refractivity contribution >= 4 is 21.9 Å². The number of hydrogen-bond donors (Lipinski definition) is 2. The van der Waals surface area contributed by atoms with Gasteiger partial charge in [-0.1, -0.05) is 0 Å². The van der Waals surface area contributed by atoms with Crippen LogP contribution in [0.1, 0.15) is 16.8 Å². The Labute approximate surface area is 151 Å². The van der Waals surface area contributed by atoms with Crippen LogP contribution in [0.15, 0.2) is 29.2 Å². The predicted molar refractivity (Wildman–Crippen MR) is 91.4 cm³/mol. The van der Waals surface area contributed by atoms with Crippen LogP contribution in [0, 0.1) is 0 Å². The second-order valence-corrected chi connectivity index (χ2v) is 7.62. The molecule has 2 N–H and O–H groups in total. The fraction of sp³-hybridized carbons (Fsp3) is 0.500. The topological polar surface area (TPSA) is 122 Å². The molecule has 26 heavy (non-hydrogen) atoms. The molecule has 1 aromatic rings. The zero-order chi connectivity index (χ0) is 19.2. The summed E-state index contributed by atoms with van der Waals surface area (Å²) in [5, 5.41) is 11.5. The molecule has 0 saturated carbocycles. The van der Waals surface area contributed by atoms with Crippen LogP contribution in [0.5, 0.6) is 0 Å². The number of amides is 1. The first-order valence-electron chi connectivity index (χ1n) is 8.07. The van der Waals surface area contributed by atoms with Crippen molar-refractivity contribution in [2.24, 2.45) is 0 Å². The number of hydrogen-bond acceptors (Lipinski definition) is 6. The minimum absolute atomic E-state index is 0.0742. The van der Waals surface area contributed by atoms with E-state index in [4.69, 9.17) is 14.6 Å². The lowest BCUT2D eigenvalue weighted by Crippen LogP contribution is -2.41. The van der Waals surface area contributed by atoms with Gasteiger partial charge in [0.1, 0.15) is 6.04 Å². The van der Waals surface area contributed by atoms with Crippen molar-refractivity contribution in [1.29, 1.82) is 0 Å². The second kappa shape index (κ2) is 9.08. The molecule has 9 nitrogen and oxygen atoms in total. The summed E-state index contributed by atoms with van der Waals surface area (Å²) in [6.45, 7) is 1.44. The average molecular weight is 386 g/mol. The van der Waals surface area contributed by atoms with E-state index in [1.807, 2.05) is 0 Å². The highest BCUT2D eigenvalue weighted by atomic mass is 32.2. The van der Waals surface area contributed by atoms with E-state index < -0.39 is 27.9 Å². The van der Waals surface area contributed by atoms with Crippen molar-refractivity contribution in [1.82, 2.24) is 9.62 Å². The number of carboxylic acids is 1. The maximum atomic E-state index is 12.5. The number of nitrogens with zero attached hydrogens (tertiary/aromatic N) is 1. The lowest BCUT2D eigenvalue weighted by molar-refractivity contribution is -0.139. The number of nitrogens with one attached hydrogen (secondary N) is 1. The third kappa shape index (κ3) is 5.01. The number of morpholine rings is 1. The van der Waals surface area contributed by atoms with Gasteiger partial charge in [0.05, 0.1) is 18.1 Å². The fourth-order valence-electron chi connectivity index (χ4n) is 2.45. The Balaban J connectivity index is 2.08. The van der Waals surface area contributed by atoms with Crippen molar-refractivity contribution in [3.05, 3.63) is 29.8 Å². The van der Waals surface area contributed by atoms with Gasteiger partial charge in [0.15, 0.2) is 0 Å². The van der Waals surface area contributed by atoms with Gasteiger partial charge in [-0.3, -0.25) is 4.79 Å². The quantitative estimate of drug-likeness (QED) is 0.641. The number of carbonyl (C=O) groups excluding carboxylic acids is 1. The molecule has 144 valence electrons. The Morgan fingerprint density at radius 2 is 1.88 bits per heavy atom. The van der Waals surface area contributed by atoms with Crippen LogP contribution in [0.3, 0.4) is 0 Å². The van der Waals surface area contributed by atoms with Gasteiger partial charge in [-0.15, -0.1) is 0 Å². The molecule has 1 heterocycles. The average Bonchev–Trinajstić information content (AvgIpc) is 2.65. The minimum Gasteiger partial charge on any atom is -0.480 e. The molecule has 0 spiro atoms. The molecule has 10 heteroatoms. The monoisotopic (exact) mass is 386 g/mol. The van der Waals surface area contributed by atoms with E-state index in [0.717, 1.165) is 0 Å². The largest absolute Gasteiger partial charge is 0.480 e. The molecule has 0 bridgehead atoms. The van der Waals surface area contributed by atoms with Crippen LogP contribution in [0.25, 0.3) is 0 Å². The van der Waals surface area contributed by atoms with Crippen LogP contribution in [0.4, 0.5) is 0 Å². The van der Waals surface area contributed by atoms with Crippen molar-refractivity contribution in [3.63, 3.8) is 0 Å². The van der Waals surface area contributed by atoms with Gasteiger partial charge >= 0.3 is 5.97 Å². The molecule has 1 fully saturated rings. The van der Waals surface area contributed by atoms with Gasteiger partial charge in [0, 0.05) is 38.8 Å². The number of methoxy groups -OCH3 is 1. The number of rotatable bonds is 8. The lowest BCUT2D eigenvalue weighted by atomic mass is 10.1. The van der Waals surface area contributed by atoms with Gasteiger partial charge in [0.2, 0.25) is 10.0 Å². The molecule has 1 aliphatic heterocycles. The SMILES string of the molecule is COCCC(NC(=O)c1ccc(S(=O)(=O)N2CCOCC2)cc1)C(=O)O. The third-order valence-corrected chi connectivity index (χ3v) is 5.85. The van der Waals surface area contributed by atoms with Crippen molar-refractivity contribution in [2.75, 3.05) is 40.0 Å². The zero-order valence-corrected chi connectivity index (χ0v) is 15.2. The molecule has 1 unspecified atom stereocenters. The summed E-state index contributed by atoms with van der Waals surface area (Å²) < 4.78 is 36.4. The van der Waals surface area contributed by atoms with Gasteiger partial charge in [0.25, 0.3) is 5.91 Å². The standard InChI is InChI=1S/C16H22N2O7S/c1-24-9-6-14(16(20)21)17-15(19)12-2-4-13(5-3-12)26(22,23)18-7-10-25-11-8-18/h2-5,14H,6-11H2,1H3,(H,17,19)(H,20,21). The fourth-order valence-corrected chi connectivity index (χ4v) is 3.86. The molecule has 1 atom stereocenters. The predicted octanol–water partition coefficient (Wildman–Crippen LogP) is -0.0730. The Bertz CT molecular complexity index is 727. The summed E-state index contributed by atoms with van der Waals surface area (Å²) >= 11 is 0. The number of carboxylic acid groups (broad SMARTS) is 1. The summed E-state index contributed by atoms with van der Waals surface area (Å²) in [6, 6.07) is 4.31. The van der Waals surface area contributed by atoms with E-state index in [1.165, 1.54) is 35.7 Å². The van der Waals surface area contributed by atoms with Gasteiger partial charge in [-0.05, 0) is 24.3 Å². The number of carbonyl (C=O) groups is 2. The molecule has 2 rings (SSSR count). The zero-order valence-electron chi connectivity index (χ0n) is 14.4. The molecule has 1 aliphatic rings. The third-order valence-electron chi connectivity index (χ3n) is 3.94. The van der Waals surface area contributed by atoms with Crippen LogP contribution in [0.2, 0.25) is 0 Å². The molecular formula is C16H22N2O7S. The number of sulfonamides is 1. The molecule has 0 aromatic heterocycles. The lowest BCUT2D eigenvalue weighted by Gasteiger charge is -2.26. The molecule has 1 aromatic carbocycles. The van der Waals surface area contributed by atoms with E-state index in [0.29, 0.717) is 13.2 Å². The van der Waals surface area contributed by atoms with Gasteiger partial charge in [-0.2, -0.15) is 4.31 Å². The Morgan fingerprint density at radius 3 is 2.42 bits per heavy atom. The van der Waals surface area contributed by atoms with E-state index >= 15 is 0 Å². The summed E-state index contributed by atoms with van der Waals surface area (Å²) in [5.41, 5.74) is 0.176. The van der Waals surface area contributed by atoms with Crippen LogP contribution >= 0.6 is 0 Å². The first-order chi connectivity index (χ1) is 12.4. The second-order valence-electron chi connectivity index (χ2n) is 5.69. The molecule has 0 radical (unpaired) electrons. The van der Waals surface area contributed by atoms with Crippen LogP contribution in [-0.4, -0.2) is 75.8 Å². The normalized spacial score (nSPS) is 16.8. The van der Waals surface area contributed by atoms with E-state index in [1.54, 1.807) is 0 Å². The summed E-state index contributed by atoms with van der Waals surface area (Å²) in [4.78, 5) is 23.4. The summed E-state index contributed by atoms with van der Waals surface area (Å²) in [5.74, 6) is -1.76. The van der Waals surface area contributed by atoms with Crippen LogP contribution in [-0.2, 0) is 24.3 Å². The highest BCUT2D eigenvalue weighted by molar-refractivity contribution is 7.89. The Kier molecular flexibility index (Phi) is 7.09. The molecule has 1 saturated heterocycles. The van der Waals surface area contributed by atoms with E-state index in [2.05, 4.69) is 5.32 Å². The summed E-state index contributed by atoms with van der Waals surface area (Å²) in [7, 11) is -2.20. The van der Waals surface area contributed by atoms with Crippen molar-refractivity contribution in [2.45, 2.75) is 17.4 Å². The maximum absolute atomic E-state index is 12.5. The Hall–Kier alpha value is -2.01. The summed E-state index contributed by atoms with van der Waals surface area (Å²) in [6.07, 6.45) is 0.126. The molecule has 1 amide bonds. The molecule has 0 aliphatic carbocycles.